The van der Waals surface area contributed by atoms with Crippen LogP contribution in [0.1, 0.15) is 17.4 Å². The maximum atomic E-state index is 11.6. The molecule has 0 spiro atoms. The highest BCUT2D eigenvalue weighted by Gasteiger charge is 2.07. The summed E-state index contributed by atoms with van der Waals surface area (Å²) in [6.07, 6.45) is 1.56. The van der Waals surface area contributed by atoms with Crippen molar-refractivity contribution in [1.29, 1.82) is 0 Å². The topological polar surface area (TPSA) is 51.2 Å². The van der Waals surface area contributed by atoms with Gasteiger partial charge in [0.2, 0.25) is 0 Å². The second kappa shape index (κ2) is 5.82. The fourth-order valence-corrected chi connectivity index (χ4v) is 1.47. The molecule has 0 saturated heterocycles. The Morgan fingerprint density at radius 2 is 2.00 bits per heavy atom. The highest BCUT2D eigenvalue weighted by atomic mass is 16.5. The summed E-state index contributed by atoms with van der Waals surface area (Å²) in [6.45, 7) is 2.44. The predicted octanol–water partition coefficient (Wildman–Crippen LogP) is 2.62. The first-order valence-corrected chi connectivity index (χ1v) is 5.76. The van der Waals surface area contributed by atoms with E-state index in [-0.39, 0.29) is 5.91 Å². The number of benzene rings is 1. The molecule has 1 aromatic heterocycles. The molecule has 0 atom stereocenters. The number of carbonyl (C=O) groups is 1. The van der Waals surface area contributed by atoms with Crippen molar-refractivity contribution in [3.05, 3.63) is 54.4 Å². The van der Waals surface area contributed by atoms with Crippen LogP contribution < -0.4 is 10.1 Å². The normalized spacial score (nSPS) is 9.83. The average molecular weight is 242 g/mol. The smallest absolute Gasteiger partial charge is 0.270 e. The number of hydrogen-bond donors (Lipinski definition) is 1. The van der Waals surface area contributed by atoms with Gasteiger partial charge in [-0.1, -0.05) is 18.2 Å². The molecule has 0 unspecified atom stereocenters. The molecule has 18 heavy (non-hydrogen) atoms. The van der Waals surface area contributed by atoms with Crippen LogP contribution >= 0.6 is 0 Å². The lowest BCUT2D eigenvalue weighted by Gasteiger charge is -2.06. The molecular weight excluding hydrogens is 228 g/mol. The van der Waals surface area contributed by atoms with Gasteiger partial charge in [0.05, 0.1) is 0 Å². The average Bonchev–Trinajstić information content (AvgIpc) is 2.40. The number of nitrogens with one attached hydrogen (secondary N) is 1. The minimum absolute atomic E-state index is 0.198. The van der Waals surface area contributed by atoms with Gasteiger partial charge >= 0.3 is 0 Å². The maximum absolute atomic E-state index is 11.6. The first kappa shape index (κ1) is 12.1. The predicted molar refractivity (Wildman–Crippen MR) is 68.8 cm³/mol. The summed E-state index contributed by atoms with van der Waals surface area (Å²) in [5.74, 6) is 1.12. The van der Waals surface area contributed by atoms with Crippen LogP contribution in [0.4, 0.5) is 0 Å². The molecule has 0 aliphatic carbocycles. The van der Waals surface area contributed by atoms with E-state index < -0.39 is 0 Å². The number of hydrogen-bond acceptors (Lipinski definition) is 3. The molecule has 92 valence electrons. The fourth-order valence-electron chi connectivity index (χ4n) is 1.47. The van der Waals surface area contributed by atoms with Crippen molar-refractivity contribution in [2.45, 2.75) is 6.92 Å². The van der Waals surface area contributed by atoms with Crippen LogP contribution in [0.3, 0.4) is 0 Å². The van der Waals surface area contributed by atoms with E-state index in [4.69, 9.17) is 4.74 Å². The number of ether oxygens (including phenoxy) is 1. The molecule has 2 rings (SSSR count). The van der Waals surface area contributed by atoms with E-state index >= 15 is 0 Å². The van der Waals surface area contributed by atoms with E-state index in [1.807, 2.05) is 37.3 Å². The van der Waals surface area contributed by atoms with Crippen LogP contribution in [0.15, 0.2) is 48.7 Å². The lowest BCUT2D eigenvalue weighted by Crippen LogP contribution is -2.23. The van der Waals surface area contributed by atoms with E-state index in [9.17, 15) is 4.79 Å². The standard InChI is InChI=1S/C14H14N2O2/c1-2-15-14(17)13-10-12(8-9-16-13)18-11-6-4-3-5-7-11/h3-10H,2H2,1H3,(H,15,17). The first-order chi connectivity index (χ1) is 8.79. The number of nitrogens with zero attached hydrogens (tertiary/aromatic N) is 1. The number of rotatable bonds is 4. The Bertz CT molecular complexity index is 526. The monoisotopic (exact) mass is 242 g/mol. The van der Waals surface area contributed by atoms with Crippen molar-refractivity contribution in [3.8, 4) is 11.5 Å². The summed E-state index contributed by atoms with van der Waals surface area (Å²) >= 11 is 0. The lowest BCUT2D eigenvalue weighted by atomic mass is 10.3. The Labute approximate surface area is 106 Å². The van der Waals surface area contributed by atoms with Crippen molar-refractivity contribution < 1.29 is 9.53 Å². The summed E-state index contributed by atoms with van der Waals surface area (Å²) in [5, 5.41) is 2.70. The fraction of sp³-hybridized carbons (Fsp3) is 0.143. The summed E-state index contributed by atoms with van der Waals surface area (Å²) < 4.78 is 5.63. The van der Waals surface area contributed by atoms with Gasteiger partial charge in [0.1, 0.15) is 17.2 Å². The number of carbonyl (C=O) groups excluding carboxylic acids is 1. The van der Waals surface area contributed by atoms with Crippen LogP contribution in [-0.2, 0) is 0 Å². The van der Waals surface area contributed by atoms with Crippen LogP contribution in [0, 0.1) is 0 Å². The van der Waals surface area contributed by atoms with Gasteiger partial charge in [-0.2, -0.15) is 0 Å². The summed E-state index contributed by atoms with van der Waals surface area (Å²) in [6, 6.07) is 12.7. The van der Waals surface area contributed by atoms with Gasteiger partial charge in [-0.15, -0.1) is 0 Å². The highest BCUT2D eigenvalue weighted by molar-refractivity contribution is 5.92. The third kappa shape index (κ3) is 3.07. The molecule has 0 aliphatic heterocycles. The second-order valence-electron chi connectivity index (χ2n) is 3.65. The molecule has 0 saturated carbocycles. The Morgan fingerprint density at radius 3 is 2.72 bits per heavy atom. The van der Waals surface area contributed by atoms with Gasteiger partial charge in [0, 0.05) is 18.8 Å². The Hall–Kier alpha value is -2.36. The number of para-hydroxylation sites is 1. The third-order valence-corrected chi connectivity index (χ3v) is 2.28. The lowest BCUT2D eigenvalue weighted by molar-refractivity contribution is 0.0950. The van der Waals surface area contributed by atoms with Crippen molar-refractivity contribution in [1.82, 2.24) is 10.3 Å². The first-order valence-electron chi connectivity index (χ1n) is 5.76. The number of pyridine rings is 1. The van der Waals surface area contributed by atoms with E-state index in [0.717, 1.165) is 5.75 Å². The summed E-state index contributed by atoms with van der Waals surface area (Å²) in [7, 11) is 0. The molecular formula is C14H14N2O2. The zero-order valence-corrected chi connectivity index (χ0v) is 10.1. The van der Waals surface area contributed by atoms with Crippen LogP contribution in [0.25, 0.3) is 0 Å². The largest absolute Gasteiger partial charge is 0.457 e. The van der Waals surface area contributed by atoms with Gasteiger partial charge in [-0.05, 0) is 25.1 Å². The molecule has 0 fully saturated rings. The maximum Gasteiger partial charge on any atom is 0.270 e. The SMILES string of the molecule is CCNC(=O)c1cc(Oc2ccccc2)ccn1. The quantitative estimate of drug-likeness (QED) is 0.896. The van der Waals surface area contributed by atoms with E-state index in [1.54, 1.807) is 18.3 Å². The van der Waals surface area contributed by atoms with Crippen LogP contribution in [-0.4, -0.2) is 17.4 Å². The Balaban J connectivity index is 2.15. The highest BCUT2D eigenvalue weighted by Crippen LogP contribution is 2.20. The zero-order chi connectivity index (χ0) is 12.8. The number of aromatic nitrogens is 1. The summed E-state index contributed by atoms with van der Waals surface area (Å²) in [4.78, 5) is 15.6. The Kier molecular flexibility index (Phi) is 3.91. The molecule has 1 amide bonds. The Morgan fingerprint density at radius 1 is 1.22 bits per heavy atom. The second-order valence-corrected chi connectivity index (χ2v) is 3.65. The van der Waals surface area contributed by atoms with E-state index in [2.05, 4.69) is 10.3 Å². The van der Waals surface area contributed by atoms with E-state index in [1.165, 1.54) is 0 Å². The van der Waals surface area contributed by atoms with Crippen LogP contribution in [0.2, 0.25) is 0 Å². The molecule has 1 heterocycles. The molecule has 2 aromatic rings. The molecule has 1 N–H and O–H groups in total. The summed E-state index contributed by atoms with van der Waals surface area (Å²) in [5.41, 5.74) is 0.352. The molecule has 0 radical (unpaired) electrons. The number of amides is 1. The zero-order valence-electron chi connectivity index (χ0n) is 10.1. The molecule has 0 bridgehead atoms. The molecule has 1 aromatic carbocycles. The molecule has 4 heteroatoms. The van der Waals surface area contributed by atoms with Gasteiger partial charge in [0.25, 0.3) is 5.91 Å². The minimum Gasteiger partial charge on any atom is -0.457 e. The molecule has 4 nitrogen and oxygen atoms in total. The van der Waals surface area contributed by atoms with Gasteiger partial charge in [-0.3, -0.25) is 9.78 Å². The minimum atomic E-state index is -0.198. The van der Waals surface area contributed by atoms with Gasteiger partial charge in [0.15, 0.2) is 0 Å². The van der Waals surface area contributed by atoms with E-state index in [0.29, 0.717) is 18.0 Å². The van der Waals surface area contributed by atoms with Gasteiger partial charge < -0.3 is 10.1 Å². The van der Waals surface area contributed by atoms with Crippen molar-refractivity contribution in [3.63, 3.8) is 0 Å². The van der Waals surface area contributed by atoms with Crippen molar-refractivity contribution in [2.75, 3.05) is 6.54 Å². The van der Waals surface area contributed by atoms with Gasteiger partial charge in [-0.25, -0.2) is 0 Å². The van der Waals surface area contributed by atoms with Crippen molar-refractivity contribution in [2.24, 2.45) is 0 Å². The molecule has 0 aliphatic rings. The van der Waals surface area contributed by atoms with Crippen molar-refractivity contribution >= 4 is 5.91 Å². The van der Waals surface area contributed by atoms with Crippen LogP contribution in [0.5, 0.6) is 11.5 Å². The third-order valence-electron chi connectivity index (χ3n) is 2.28.